The summed E-state index contributed by atoms with van der Waals surface area (Å²) in [6, 6.07) is 4.58. The first-order valence-electron chi connectivity index (χ1n) is 6.37. The molecule has 0 aliphatic carbocycles. The van der Waals surface area contributed by atoms with Crippen LogP contribution in [0.2, 0.25) is 0 Å². The molecule has 0 aromatic heterocycles. The molecule has 0 bridgehead atoms. The topological polar surface area (TPSA) is 42.5 Å². The van der Waals surface area contributed by atoms with Crippen molar-refractivity contribution < 1.29 is 31.4 Å². The van der Waals surface area contributed by atoms with Crippen LogP contribution < -0.4 is 20.1 Å². The molecule has 0 spiro atoms. The third-order valence-electron chi connectivity index (χ3n) is 3.08. The molecule has 0 saturated heterocycles. The molecular formula is C14H7F5N2O2S. The first-order chi connectivity index (χ1) is 11.4. The van der Waals surface area contributed by atoms with Crippen molar-refractivity contribution in [3.8, 4) is 11.5 Å². The fraction of sp³-hybridized carbons (Fsp3) is 0.0714. The predicted molar refractivity (Wildman–Crippen MR) is 78.6 cm³/mol. The number of benzene rings is 2. The molecule has 3 rings (SSSR count). The van der Waals surface area contributed by atoms with Gasteiger partial charge in [-0.1, -0.05) is 0 Å². The number of anilines is 2. The normalized spacial score (nSPS) is 12.2. The summed E-state index contributed by atoms with van der Waals surface area (Å²) in [7, 11) is 0. The van der Waals surface area contributed by atoms with Gasteiger partial charge in [0.2, 0.25) is 12.6 Å². The van der Waals surface area contributed by atoms with Gasteiger partial charge in [-0.3, -0.25) is 0 Å². The Morgan fingerprint density at radius 3 is 2.08 bits per heavy atom. The largest absolute Gasteiger partial charge is 0.454 e. The molecule has 1 heterocycles. The second-order valence-corrected chi connectivity index (χ2v) is 5.00. The number of nitrogens with one attached hydrogen (secondary N) is 2. The Kier molecular flexibility index (Phi) is 4.14. The third kappa shape index (κ3) is 2.80. The second-order valence-electron chi connectivity index (χ2n) is 4.59. The van der Waals surface area contributed by atoms with Crippen LogP contribution in [0.5, 0.6) is 11.5 Å². The van der Waals surface area contributed by atoms with Crippen molar-refractivity contribution in [2.75, 3.05) is 17.4 Å². The van der Waals surface area contributed by atoms with E-state index in [2.05, 4.69) is 5.32 Å². The summed E-state index contributed by atoms with van der Waals surface area (Å²) in [5.41, 5.74) is -0.884. The van der Waals surface area contributed by atoms with Crippen molar-refractivity contribution in [1.29, 1.82) is 0 Å². The summed E-state index contributed by atoms with van der Waals surface area (Å²) in [6.45, 7) is 0.0477. The van der Waals surface area contributed by atoms with Gasteiger partial charge in [0.1, 0.15) is 5.69 Å². The average Bonchev–Trinajstić information content (AvgIpc) is 3.03. The van der Waals surface area contributed by atoms with E-state index in [0.717, 1.165) is 0 Å². The van der Waals surface area contributed by atoms with E-state index in [0.29, 0.717) is 17.2 Å². The summed E-state index contributed by atoms with van der Waals surface area (Å²) in [5.74, 6) is -9.49. The summed E-state index contributed by atoms with van der Waals surface area (Å²) >= 11 is 4.82. The zero-order chi connectivity index (χ0) is 17.4. The lowest BCUT2D eigenvalue weighted by atomic mass is 10.2. The fourth-order valence-corrected chi connectivity index (χ4v) is 2.18. The first kappa shape index (κ1) is 16.2. The van der Waals surface area contributed by atoms with Gasteiger partial charge >= 0.3 is 0 Å². The Morgan fingerprint density at radius 2 is 1.42 bits per heavy atom. The van der Waals surface area contributed by atoms with E-state index in [-0.39, 0.29) is 11.9 Å². The number of hydrogen-bond acceptors (Lipinski definition) is 3. The molecule has 2 N–H and O–H groups in total. The summed E-state index contributed by atoms with van der Waals surface area (Å²) in [4.78, 5) is 0. The molecule has 0 atom stereocenters. The Labute approximate surface area is 137 Å². The van der Waals surface area contributed by atoms with Crippen LogP contribution in [0.3, 0.4) is 0 Å². The maximum absolute atomic E-state index is 13.6. The van der Waals surface area contributed by atoms with Crippen LogP contribution in [0.1, 0.15) is 0 Å². The lowest BCUT2D eigenvalue weighted by Gasteiger charge is -2.13. The van der Waals surface area contributed by atoms with Gasteiger partial charge < -0.3 is 20.1 Å². The highest BCUT2D eigenvalue weighted by atomic mass is 32.1. The standard InChI is InChI=1S/C14H7F5N2O2S/c15-8-9(16)11(18)13(12(19)10(8)17)21-14(24)20-5-1-2-6-7(3-5)23-4-22-6/h1-3H,4H2,(H2,20,21,24). The zero-order valence-corrected chi connectivity index (χ0v) is 12.4. The Hall–Kier alpha value is -2.62. The number of rotatable bonds is 2. The Morgan fingerprint density at radius 1 is 0.833 bits per heavy atom. The van der Waals surface area contributed by atoms with Gasteiger partial charge in [0, 0.05) is 11.8 Å². The van der Waals surface area contributed by atoms with Crippen molar-refractivity contribution in [3.63, 3.8) is 0 Å². The van der Waals surface area contributed by atoms with Crippen molar-refractivity contribution in [2.45, 2.75) is 0 Å². The van der Waals surface area contributed by atoms with Crippen molar-refractivity contribution in [3.05, 3.63) is 47.3 Å². The maximum Gasteiger partial charge on any atom is 0.231 e. The third-order valence-corrected chi connectivity index (χ3v) is 3.28. The molecule has 2 aromatic rings. The molecule has 0 saturated carbocycles. The van der Waals surface area contributed by atoms with Crippen LogP contribution >= 0.6 is 12.2 Å². The number of fused-ring (bicyclic) bond motifs is 1. The average molecular weight is 362 g/mol. The molecule has 24 heavy (non-hydrogen) atoms. The summed E-state index contributed by atoms with van der Waals surface area (Å²) in [6.07, 6.45) is 0. The molecule has 10 heteroatoms. The van der Waals surface area contributed by atoms with E-state index in [1.807, 2.05) is 5.32 Å². The zero-order valence-electron chi connectivity index (χ0n) is 11.6. The lowest BCUT2D eigenvalue weighted by Crippen LogP contribution is -2.22. The van der Waals surface area contributed by atoms with Crippen molar-refractivity contribution in [2.24, 2.45) is 0 Å². The van der Waals surface area contributed by atoms with E-state index in [1.54, 1.807) is 6.07 Å². The highest BCUT2D eigenvalue weighted by Gasteiger charge is 2.26. The van der Waals surface area contributed by atoms with Crippen molar-refractivity contribution in [1.82, 2.24) is 0 Å². The fourth-order valence-electron chi connectivity index (χ4n) is 1.96. The monoisotopic (exact) mass is 362 g/mol. The SMILES string of the molecule is Fc1c(F)c(F)c(NC(=S)Nc2ccc3c(c2)OCO3)c(F)c1F. The minimum absolute atomic E-state index is 0.0477. The lowest BCUT2D eigenvalue weighted by molar-refractivity contribution is 0.174. The summed E-state index contributed by atoms with van der Waals surface area (Å²) in [5, 5.41) is 4.12. The minimum atomic E-state index is -2.25. The van der Waals surface area contributed by atoms with Crippen LogP contribution in [0.15, 0.2) is 18.2 Å². The van der Waals surface area contributed by atoms with E-state index >= 15 is 0 Å². The first-order valence-corrected chi connectivity index (χ1v) is 6.78. The molecule has 1 aliphatic rings. The minimum Gasteiger partial charge on any atom is -0.454 e. The van der Waals surface area contributed by atoms with Crippen LogP contribution in [-0.4, -0.2) is 11.9 Å². The van der Waals surface area contributed by atoms with Gasteiger partial charge in [-0.2, -0.15) is 0 Å². The van der Waals surface area contributed by atoms with Gasteiger partial charge in [-0.15, -0.1) is 0 Å². The van der Waals surface area contributed by atoms with Gasteiger partial charge in [0.05, 0.1) is 0 Å². The van der Waals surface area contributed by atoms with Crippen LogP contribution in [0, 0.1) is 29.1 Å². The van der Waals surface area contributed by atoms with E-state index < -0.39 is 34.8 Å². The Bertz CT molecular complexity index is 817. The molecule has 1 aliphatic heterocycles. The van der Waals surface area contributed by atoms with E-state index in [4.69, 9.17) is 21.7 Å². The van der Waals surface area contributed by atoms with Crippen LogP contribution in [-0.2, 0) is 0 Å². The molecule has 2 aromatic carbocycles. The van der Waals surface area contributed by atoms with E-state index in [9.17, 15) is 22.0 Å². The van der Waals surface area contributed by atoms with Crippen LogP contribution in [0.25, 0.3) is 0 Å². The molecule has 4 nitrogen and oxygen atoms in total. The highest BCUT2D eigenvalue weighted by molar-refractivity contribution is 7.80. The highest BCUT2D eigenvalue weighted by Crippen LogP contribution is 2.34. The quantitative estimate of drug-likeness (QED) is 0.367. The summed E-state index contributed by atoms with van der Waals surface area (Å²) < 4.78 is 76.6. The molecule has 0 unspecified atom stereocenters. The van der Waals surface area contributed by atoms with Crippen LogP contribution in [0.4, 0.5) is 33.3 Å². The van der Waals surface area contributed by atoms with E-state index in [1.165, 1.54) is 12.1 Å². The van der Waals surface area contributed by atoms with Gasteiger partial charge in [-0.25, -0.2) is 22.0 Å². The van der Waals surface area contributed by atoms with Crippen molar-refractivity contribution >= 4 is 28.7 Å². The molecule has 126 valence electrons. The number of hydrogen-bond donors (Lipinski definition) is 2. The smallest absolute Gasteiger partial charge is 0.231 e. The number of ether oxygens (including phenoxy) is 2. The Balaban J connectivity index is 1.81. The molecular weight excluding hydrogens is 355 g/mol. The molecule has 0 amide bonds. The van der Waals surface area contributed by atoms with Gasteiger partial charge in [0.25, 0.3) is 0 Å². The van der Waals surface area contributed by atoms with Gasteiger partial charge in [0.15, 0.2) is 39.9 Å². The maximum atomic E-state index is 13.6. The van der Waals surface area contributed by atoms with Gasteiger partial charge in [-0.05, 0) is 24.4 Å². The second kappa shape index (κ2) is 6.11. The molecule has 0 fully saturated rings. The predicted octanol–water partition coefficient (Wildman–Crippen LogP) is 3.92. The number of thiocarbonyl (C=S) groups is 1. The molecule has 0 radical (unpaired) electrons. The number of halogens is 5.